The summed E-state index contributed by atoms with van der Waals surface area (Å²) in [6, 6.07) is 7.64. The Kier molecular flexibility index (Phi) is 2.93. The number of aromatic nitrogens is 2. The lowest BCUT2D eigenvalue weighted by Gasteiger charge is -2.07. The minimum absolute atomic E-state index is 0.262. The Bertz CT molecular complexity index is 692. The van der Waals surface area contributed by atoms with Gasteiger partial charge in [0.05, 0.1) is 22.9 Å². The predicted molar refractivity (Wildman–Crippen MR) is 73.3 cm³/mol. The fourth-order valence-corrected chi connectivity index (χ4v) is 2.45. The molecule has 2 atom stereocenters. The molecule has 3 rings (SSSR count). The first-order valence-corrected chi connectivity index (χ1v) is 6.60. The normalized spacial score (nSPS) is 20.9. The van der Waals surface area contributed by atoms with E-state index in [1.165, 1.54) is 0 Å². The zero-order valence-electron chi connectivity index (χ0n) is 11.0. The quantitative estimate of drug-likeness (QED) is 0.888. The van der Waals surface area contributed by atoms with Gasteiger partial charge in [0, 0.05) is 6.54 Å². The SMILES string of the molecule is CCn1c(NC(=O)[C@H]2C[C@@H]2C(=O)O)nc2ccccc21. The van der Waals surface area contributed by atoms with Gasteiger partial charge in [-0.25, -0.2) is 4.98 Å². The summed E-state index contributed by atoms with van der Waals surface area (Å²) in [6.07, 6.45) is 0.410. The highest BCUT2D eigenvalue weighted by Gasteiger charge is 2.48. The second kappa shape index (κ2) is 4.63. The maximum Gasteiger partial charge on any atom is 0.307 e. The number of amides is 1. The van der Waals surface area contributed by atoms with Crippen LogP contribution in [0.15, 0.2) is 24.3 Å². The van der Waals surface area contributed by atoms with E-state index in [9.17, 15) is 9.59 Å². The molecule has 2 aromatic rings. The van der Waals surface area contributed by atoms with E-state index in [0.29, 0.717) is 18.9 Å². The topological polar surface area (TPSA) is 84.2 Å². The van der Waals surface area contributed by atoms with E-state index in [-0.39, 0.29) is 5.91 Å². The van der Waals surface area contributed by atoms with Crippen LogP contribution in [0, 0.1) is 11.8 Å². The molecule has 0 saturated heterocycles. The monoisotopic (exact) mass is 273 g/mol. The Hall–Kier alpha value is -2.37. The zero-order valence-corrected chi connectivity index (χ0v) is 11.0. The maximum absolute atomic E-state index is 12.0. The smallest absolute Gasteiger partial charge is 0.307 e. The number of nitrogens with zero attached hydrogens (tertiary/aromatic N) is 2. The van der Waals surface area contributed by atoms with Crippen molar-refractivity contribution in [2.24, 2.45) is 11.8 Å². The number of benzene rings is 1. The van der Waals surface area contributed by atoms with Crippen molar-refractivity contribution in [3.05, 3.63) is 24.3 Å². The third kappa shape index (κ3) is 2.03. The molecule has 1 aromatic heterocycles. The number of imidazole rings is 1. The first kappa shape index (κ1) is 12.7. The largest absolute Gasteiger partial charge is 0.481 e. The number of hydrogen-bond donors (Lipinski definition) is 2. The summed E-state index contributed by atoms with van der Waals surface area (Å²) in [5.41, 5.74) is 1.77. The number of carboxylic acids is 1. The van der Waals surface area contributed by atoms with E-state index < -0.39 is 17.8 Å². The number of anilines is 1. The molecular formula is C14H15N3O3. The third-order valence-corrected chi connectivity index (χ3v) is 3.65. The average molecular weight is 273 g/mol. The molecule has 0 bridgehead atoms. The highest BCUT2D eigenvalue weighted by Crippen LogP contribution is 2.39. The van der Waals surface area contributed by atoms with E-state index in [4.69, 9.17) is 5.11 Å². The summed E-state index contributed by atoms with van der Waals surface area (Å²) in [5.74, 6) is -1.67. The van der Waals surface area contributed by atoms with Gasteiger partial charge in [-0.15, -0.1) is 0 Å². The molecule has 1 aromatic carbocycles. The van der Waals surface area contributed by atoms with Gasteiger partial charge >= 0.3 is 5.97 Å². The molecule has 20 heavy (non-hydrogen) atoms. The van der Waals surface area contributed by atoms with Gasteiger partial charge in [0.15, 0.2) is 0 Å². The fourth-order valence-electron chi connectivity index (χ4n) is 2.45. The van der Waals surface area contributed by atoms with Crippen LogP contribution in [0.1, 0.15) is 13.3 Å². The summed E-state index contributed by atoms with van der Waals surface area (Å²) in [5, 5.41) is 11.6. The molecule has 1 aliphatic rings. The van der Waals surface area contributed by atoms with Crippen molar-refractivity contribution in [1.82, 2.24) is 9.55 Å². The highest BCUT2D eigenvalue weighted by atomic mass is 16.4. The molecule has 0 radical (unpaired) electrons. The van der Waals surface area contributed by atoms with Crippen LogP contribution < -0.4 is 5.32 Å². The number of carboxylic acid groups (broad SMARTS) is 1. The minimum Gasteiger partial charge on any atom is -0.481 e. The predicted octanol–water partition coefficient (Wildman–Crippen LogP) is 1.72. The Balaban J connectivity index is 1.84. The first-order chi connectivity index (χ1) is 9.61. The molecule has 6 heteroatoms. The molecule has 104 valence electrons. The Morgan fingerprint density at radius 2 is 2.15 bits per heavy atom. The van der Waals surface area contributed by atoms with Crippen LogP contribution in [-0.2, 0) is 16.1 Å². The van der Waals surface area contributed by atoms with Crippen LogP contribution >= 0.6 is 0 Å². The first-order valence-electron chi connectivity index (χ1n) is 6.60. The van der Waals surface area contributed by atoms with Crippen molar-refractivity contribution < 1.29 is 14.7 Å². The molecule has 1 aliphatic carbocycles. The maximum atomic E-state index is 12.0. The van der Waals surface area contributed by atoms with E-state index >= 15 is 0 Å². The van der Waals surface area contributed by atoms with Crippen molar-refractivity contribution in [1.29, 1.82) is 0 Å². The molecular weight excluding hydrogens is 258 g/mol. The number of fused-ring (bicyclic) bond motifs is 1. The van der Waals surface area contributed by atoms with Gasteiger partial charge < -0.3 is 9.67 Å². The van der Waals surface area contributed by atoms with Crippen molar-refractivity contribution >= 4 is 28.9 Å². The van der Waals surface area contributed by atoms with Crippen LogP contribution in [0.2, 0.25) is 0 Å². The van der Waals surface area contributed by atoms with Gasteiger partial charge in [-0.1, -0.05) is 12.1 Å². The number of carbonyl (C=O) groups is 2. The zero-order chi connectivity index (χ0) is 14.3. The van der Waals surface area contributed by atoms with Gasteiger partial charge in [-0.05, 0) is 25.5 Å². The van der Waals surface area contributed by atoms with Crippen molar-refractivity contribution in [2.75, 3.05) is 5.32 Å². The van der Waals surface area contributed by atoms with Gasteiger partial charge in [0.2, 0.25) is 11.9 Å². The van der Waals surface area contributed by atoms with Crippen LogP contribution in [-0.4, -0.2) is 26.5 Å². The van der Waals surface area contributed by atoms with E-state index in [1.54, 1.807) is 0 Å². The van der Waals surface area contributed by atoms with Gasteiger partial charge in [0.1, 0.15) is 0 Å². The van der Waals surface area contributed by atoms with Crippen molar-refractivity contribution in [2.45, 2.75) is 19.9 Å². The lowest BCUT2D eigenvalue weighted by molar-refractivity contribution is -0.139. The Morgan fingerprint density at radius 3 is 2.80 bits per heavy atom. The molecule has 6 nitrogen and oxygen atoms in total. The van der Waals surface area contributed by atoms with E-state index in [2.05, 4.69) is 10.3 Å². The number of hydrogen-bond acceptors (Lipinski definition) is 3. The van der Waals surface area contributed by atoms with Crippen LogP contribution in [0.4, 0.5) is 5.95 Å². The summed E-state index contributed by atoms with van der Waals surface area (Å²) in [6.45, 7) is 2.66. The van der Waals surface area contributed by atoms with E-state index in [1.807, 2.05) is 35.8 Å². The van der Waals surface area contributed by atoms with Gasteiger partial charge in [-0.3, -0.25) is 14.9 Å². The number of carbonyl (C=O) groups excluding carboxylic acids is 1. The lowest BCUT2D eigenvalue weighted by atomic mass is 10.3. The second-order valence-corrected chi connectivity index (χ2v) is 4.94. The fraction of sp³-hybridized carbons (Fsp3) is 0.357. The number of para-hydroxylation sites is 2. The summed E-state index contributed by atoms with van der Waals surface area (Å²) < 4.78 is 1.91. The molecule has 0 aliphatic heterocycles. The van der Waals surface area contributed by atoms with Crippen LogP contribution in [0.25, 0.3) is 11.0 Å². The van der Waals surface area contributed by atoms with E-state index in [0.717, 1.165) is 11.0 Å². The average Bonchev–Trinajstić information content (AvgIpc) is 3.15. The number of aryl methyl sites for hydroxylation is 1. The molecule has 2 N–H and O–H groups in total. The van der Waals surface area contributed by atoms with Gasteiger partial charge in [-0.2, -0.15) is 0 Å². The Morgan fingerprint density at radius 1 is 1.40 bits per heavy atom. The van der Waals surface area contributed by atoms with Crippen LogP contribution in [0.5, 0.6) is 0 Å². The third-order valence-electron chi connectivity index (χ3n) is 3.65. The summed E-state index contributed by atoms with van der Waals surface area (Å²) >= 11 is 0. The molecule has 1 heterocycles. The number of aliphatic carboxylic acids is 1. The molecule has 1 saturated carbocycles. The Labute approximate surface area is 115 Å². The highest BCUT2D eigenvalue weighted by molar-refractivity contribution is 5.98. The minimum atomic E-state index is -0.908. The number of rotatable bonds is 4. The summed E-state index contributed by atoms with van der Waals surface area (Å²) in [7, 11) is 0. The standard InChI is InChI=1S/C14H15N3O3/c1-2-17-11-6-4-3-5-10(11)15-14(17)16-12(18)8-7-9(8)13(19)20/h3-6,8-9H,2,7H2,1H3,(H,19,20)(H,15,16,18)/t8-,9-/m0/s1. The number of nitrogens with one attached hydrogen (secondary N) is 1. The molecule has 1 fully saturated rings. The molecule has 0 spiro atoms. The second-order valence-electron chi connectivity index (χ2n) is 4.94. The van der Waals surface area contributed by atoms with Crippen LogP contribution in [0.3, 0.4) is 0 Å². The molecule has 1 amide bonds. The summed E-state index contributed by atoms with van der Waals surface area (Å²) in [4.78, 5) is 27.2. The van der Waals surface area contributed by atoms with Crippen molar-refractivity contribution in [3.63, 3.8) is 0 Å². The molecule has 0 unspecified atom stereocenters. The lowest BCUT2D eigenvalue weighted by Crippen LogP contribution is -2.19. The van der Waals surface area contributed by atoms with Gasteiger partial charge in [0.25, 0.3) is 0 Å². The van der Waals surface area contributed by atoms with Crippen molar-refractivity contribution in [3.8, 4) is 0 Å².